The first-order valence-electron chi connectivity index (χ1n) is 10.5. The average molecular weight is 513 g/mol. The van der Waals surface area contributed by atoms with Crippen LogP contribution in [-0.4, -0.2) is 34.1 Å². The molecule has 0 aliphatic carbocycles. The van der Waals surface area contributed by atoms with Crippen molar-refractivity contribution in [1.29, 1.82) is 0 Å². The Morgan fingerprint density at radius 1 is 1.15 bits per heavy atom. The van der Waals surface area contributed by atoms with Gasteiger partial charge in [-0.1, -0.05) is 53.3 Å². The molecule has 5 rings (SSSR count). The van der Waals surface area contributed by atoms with Gasteiger partial charge in [0.25, 0.3) is 5.91 Å². The summed E-state index contributed by atoms with van der Waals surface area (Å²) in [6.07, 6.45) is 6.19. The minimum atomic E-state index is -0.0967. The number of hydrogen-bond acceptors (Lipinski definition) is 5. The number of carbonyl (C=O) groups excluding carboxylic acids is 1. The van der Waals surface area contributed by atoms with Crippen molar-refractivity contribution in [3.05, 3.63) is 83.9 Å². The normalized spacial score (nSPS) is 10.9. The van der Waals surface area contributed by atoms with Crippen LogP contribution in [0.2, 0.25) is 5.02 Å². The first-order valence-corrected chi connectivity index (χ1v) is 11.7. The van der Waals surface area contributed by atoms with E-state index in [9.17, 15) is 4.79 Å². The van der Waals surface area contributed by atoms with E-state index in [0.29, 0.717) is 33.5 Å². The van der Waals surface area contributed by atoms with Crippen molar-refractivity contribution in [3.8, 4) is 5.75 Å². The summed E-state index contributed by atoms with van der Waals surface area (Å²) < 4.78 is 8.27. The van der Waals surface area contributed by atoms with Crippen LogP contribution in [0, 0.1) is 0 Å². The fourth-order valence-corrected chi connectivity index (χ4v) is 5.09. The lowest BCUT2D eigenvalue weighted by Crippen LogP contribution is -2.32. The third kappa shape index (κ3) is 4.73. The van der Waals surface area contributed by atoms with Crippen LogP contribution in [0.5, 0.6) is 5.75 Å². The molecule has 0 aliphatic heterocycles. The number of ether oxygens (including phenoxy) is 1. The Hall–Kier alpha value is -3.13. The molecule has 2 heterocycles. The highest BCUT2D eigenvalue weighted by Crippen LogP contribution is 2.39. The summed E-state index contributed by atoms with van der Waals surface area (Å²) in [5, 5.41) is 3.30. The Bertz CT molecular complexity index is 1440. The van der Waals surface area contributed by atoms with Crippen molar-refractivity contribution in [2.24, 2.45) is 0 Å². The molecule has 0 bridgehead atoms. The molecule has 0 atom stereocenters. The molecule has 6 nitrogen and oxygen atoms in total. The van der Waals surface area contributed by atoms with Crippen LogP contribution in [0.4, 0.5) is 5.13 Å². The molecule has 0 fully saturated rings. The van der Waals surface area contributed by atoms with E-state index < -0.39 is 0 Å². The van der Waals surface area contributed by atoms with E-state index in [1.807, 2.05) is 53.2 Å². The molecule has 0 N–H and O–H groups in total. The van der Waals surface area contributed by atoms with E-state index in [4.69, 9.17) is 21.3 Å². The third-order valence-corrected chi connectivity index (χ3v) is 7.04. The molecule has 1 amide bonds. The number of rotatable bonds is 7. The number of anilines is 1. The molecular weight excluding hydrogens is 491 g/mol. The molecule has 2 aromatic heterocycles. The predicted molar refractivity (Wildman–Crippen MR) is 141 cm³/mol. The Labute approximate surface area is 212 Å². The molecule has 0 aliphatic rings. The minimum Gasteiger partial charge on any atom is -0.494 e. The number of amides is 1. The number of fused-ring (bicyclic) bond motifs is 2. The summed E-state index contributed by atoms with van der Waals surface area (Å²) in [5.74, 6) is 0.536. The third-order valence-electron chi connectivity index (χ3n) is 5.50. The van der Waals surface area contributed by atoms with Crippen LogP contribution < -0.4 is 9.64 Å². The molecule has 5 aromatic rings. The largest absolute Gasteiger partial charge is 0.494 e. The number of aryl methyl sites for hydroxylation is 1. The summed E-state index contributed by atoms with van der Waals surface area (Å²) >= 11 is 7.84. The SMILES string of the molecule is COc1ccc(Cl)c2sc(N(CCCn3ccnc3)C(=O)c3ccc4ccccc4c3)nc12.Cl. The molecule has 0 spiro atoms. The summed E-state index contributed by atoms with van der Waals surface area (Å²) in [4.78, 5) is 24.3. The first-order chi connectivity index (χ1) is 16.1. The maximum Gasteiger partial charge on any atom is 0.260 e. The van der Waals surface area contributed by atoms with E-state index in [1.165, 1.54) is 11.3 Å². The van der Waals surface area contributed by atoms with Gasteiger partial charge in [-0.25, -0.2) is 9.97 Å². The van der Waals surface area contributed by atoms with Gasteiger partial charge in [0.2, 0.25) is 0 Å². The molecule has 34 heavy (non-hydrogen) atoms. The molecule has 3 aromatic carbocycles. The van der Waals surface area contributed by atoms with Gasteiger partial charge in [0.05, 0.1) is 23.2 Å². The second-order valence-electron chi connectivity index (χ2n) is 7.60. The second kappa shape index (κ2) is 10.4. The molecule has 0 saturated carbocycles. The van der Waals surface area contributed by atoms with E-state index in [-0.39, 0.29) is 18.3 Å². The fourth-order valence-electron chi connectivity index (χ4n) is 3.81. The van der Waals surface area contributed by atoms with Gasteiger partial charge in [-0.15, -0.1) is 12.4 Å². The Morgan fingerprint density at radius 3 is 2.74 bits per heavy atom. The topological polar surface area (TPSA) is 60.2 Å². The van der Waals surface area contributed by atoms with Gasteiger partial charge in [0.15, 0.2) is 5.13 Å². The van der Waals surface area contributed by atoms with Crippen molar-refractivity contribution in [3.63, 3.8) is 0 Å². The predicted octanol–water partition coefficient (Wildman–Crippen LogP) is 6.47. The van der Waals surface area contributed by atoms with E-state index in [1.54, 1.807) is 36.7 Å². The molecule has 0 radical (unpaired) electrons. The zero-order valence-corrected chi connectivity index (χ0v) is 20.7. The first kappa shape index (κ1) is 24.0. The lowest BCUT2D eigenvalue weighted by atomic mass is 10.1. The fraction of sp³-hybridized carbons (Fsp3) is 0.160. The van der Waals surface area contributed by atoms with Gasteiger partial charge in [-0.2, -0.15) is 0 Å². The highest BCUT2D eigenvalue weighted by atomic mass is 35.5. The highest BCUT2D eigenvalue weighted by molar-refractivity contribution is 7.23. The van der Waals surface area contributed by atoms with Crippen molar-refractivity contribution in [2.75, 3.05) is 18.6 Å². The van der Waals surface area contributed by atoms with Crippen LogP contribution in [0.1, 0.15) is 16.8 Å². The van der Waals surface area contributed by atoms with Crippen LogP contribution in [0.15, 0.2) is 73.3 Å². The van der Waals surface area contributed by atoms with Gasteiger partial charge in [0.1, 0.15) is 11.3 Å². The lowest BCUT2D eigenvalue weighted by Gasteiger charge is -2.20. The number of nitrogens with zero attached hydrogens (tertiary/aromatic N) is 4. The van der Waals surface area contributed by atoms with Crippen LogP contribution in [-0.2, 0) is 6.54 Å². The van der Waals surface area contributed by atoms with Crippen molar-refractivity contribution < 1.29 is 9.53 Å². The van der Waals surface area contributed by atoms with Crippen molar-refractivity contribution in [1.82, 2.24) is 14.5 Å². The van der Waals surface area contributed by atoms with Crippen LogP contribution in [0.25, 0.3) is 21.0 Å². The smallest absolute Gasteiger partial charge is 0.260 e. The molecule has 174 valence electrons. The molecular formula is C25H22Cl2N4O2S. The van der Waals surface area contributed by atoms with Crippen molar-refractivity contribution >= 4 is 67.4 Å². The standard InChI is InChI=1S/C25H21ClN4O2S.ClH/c1-32-21-10-9-20(26)23-22(21)28-25(33-23)30(13-4-12-29-14-11-27-16-29)24(31)19-8-7-17-5-2-3-6-18(17)15-19;/h2-3,5-11,14-16H,4,12-13H2,1H3;1H. The van der Waals surface area contributed by atoms with Crippen molar-refractivity contribution in [2.45, 2.75) is 13.0 Å². The molecule has 0 saturated heterocycles. The quantitative estimate of drug-likeness (QED) is 0.250. The average Bonchev–Trinajstić information content (AvgIpc) is 3.52. The van der Waals surface area contributed by atoms with Gasteiger partial charge >= 0.3 is 0 Å². The monoisotopic (exact) mass is 512 g/mol. The Kier molecular flexibility index (Phi) is 7.36. The number of benzene rings is 3. The number of methoxy groups -OCH3 is 1. The number of thiazole rings is 1. The number of aromatic nitrogens is 3. The van der Waals surface area contributed by atoms with Gasteiger partial charge in [-0.05, 0) is 41.5 Å². The Balaban J connectivity index is 0.00000274. The molecule has 0 unspecified atom stereocenters. The zero-order chi connectivity index (χ0) is 22.8. The molecule has 9 heteroatoms. The zero-order valence-electron chi connectivity index (χ0n) is 18.3. The van der Waals surface area contributed by atoms with E-state index in [0.717, 1.165) is 28.4 Å². The minimum absolute atomic E-state index is 0. The highest BCUT2D eigenvalue weighted by Gasteiger charge is 2.23. The van der Waals surface area contributed by atoms with Crippen LogP contribution >= 0.6 is 35.3 Å². The van der Waals surface area contributed by atoms with E-state index in [2.05, 4.69) is 4.98 Å². The Morgan fingerprint density at radius 2 is 1.97 bits per heavy atom. The van der Waals surface area contributed by atoms with Gasteiger partial charge in [-0.3, -0.25) is 9.69 Å². The maximum absolute atomic E-state index is 13.7. The number of carbonyl (C=O) groups is 1. The summed E-state index contributed by atoms with van der Waals surface area (Å²) in [5.41, 5.74) is 1.28. The second-order valence-corrected chi connectivity index (χ2v) is 8.98. The number of hydrogen-bond donors (Lipinski definition) is 0. The summed E-state index contributed by atoms with van der Waals surface area (Å²) in [6.45, 7) is 1.25. The lowest BCUT2D eigenvalue weighted by molar-refractivity contribution is 0.0986. The summed E-state index contributed by atoms with van der Waals surface area (Å²) in [6, 6.07) is 17.4. The van der Waals surface area contributed by atoms with Gasteiger partial charge < -0.3 is 9.30 Å². The van der Waals surface area contributed by atoms with Crippen LogP contribution in [0.3, 0.4) is 0 Å². The van der Waals surface area contributed by atoms with Gasteiger partial charge in [0, 0.05) is 31.0 Å². The maximum atomic E-state index is 13.7. The summed E-state index contributed by atoms with van der Waals surface area (Å²) in [7, 11) is 1.60. The van der Waals surface area contributed by atoms with E-state index >= 15 is 0 Å². The number of imidazole rings is 1. The number of halogens is 2.